The van der Waals surface area contributed by atoms with Crippen molar-refractivity contribution in [3.8, 4) is 5.75 Å². The van der Waals surface area contributed by atoms with E-state index in [2.05, 4.69) is 20.8 Å². The number of nitrogens with zero attached hydrogens (tertiary/aromatic N) is 4. The average molecular weight is 390 g/mol. The molecule has 9 heteroatoms. The minimum Gasteiger partial charge on any atom is -0.486 e. The van der Waals surface area contributed by atoms with Gasteiger partial charge in [0, 0.05) is 11.6 Å². The maximum atomic E-state index is 12.9. The number of carbonyl (C=O) groups is 1. The number of nitrogens with one attached hydrogen (secondary N) is 1. The molecule has 1 N–H and O–H groups in total. The van der Waals surface area contributed by atoms with Crippen LogP contribution in [0.3, 0.4) is 0 Å². The van der Waals surface area contributed by atoms with E-state index in [1.807, 2.05) is 0 Å². The second-order valence-electron chi connectivity index (χ2n) is 5.72. The lowest BCUT2D eigenvalue weighted by Gasteiger charge is -2.08. The lowest BCUT2D eigenvalue weighted by atomic mass is 10.1. The summed E-state index contributed by atoms with van der Waals surface area (Å²) in [6.07, 6.45) is 0.605. The molecule has 1 heterocycles. The zero-order valence-electron chi connectivity index (χ0n) is 14.3. The van der Waals surface area contributed by atoms with Crippen LogP contribution >= 0.6 is 11.6 Å². The summed E-state index contributed by atoms with van der Waals surface area (Å²) in [6.45, 7) is 0.538. The summed E-state index contributed by atoms with van der Waals surface area (Å²) in [4.78, 5) is 12.1. The first-order valence-corrected chi connectivity index (χ1v) is 8.62. The Balaban J connectivity index is 1.46. The van der Waals surface area contributed by atoms with E-state index in [1.54, 1.807) is 36.4 Å². The molecule has 3 aromatic rings. The number of rotatable bonds is 8. The zero-order chi connectivity index (χ0) is 19.1. The van der Waals surface area contributed by atoms with Crippen molar-refractivity contribution in [2.24, 2.45) is 0 Å². The molecule has 7 nitrogen and oxygen atoms in total. The molecule has 0 aliphatic rings. The Morgan fingerprint density at radius 1 is 1.15 bits per heavy atom. The smallest absolute Gasteiger partial charge is 0.241 e. The molecule has 0 aliphatic heterocycles. The van der Waals surface area contributed by atoms with Crippen LogP contribution in [0.2, 0.25) is 5.02 Å². The van der Waals surface area contributed by atoms with Gasteiger partial charge in [-0.1, -0.05) is 23.7 Å². The van der Waals surface area contributed by atoms with Crippen LogP contribution in [0.15, 0.2) is 48.5 Å². The first-order chi connectivity index (χ1) is 13.1. The number of hydrogen-bond donors (Lipinski definition) is 1. The van der Waals surface area contributed by atoms with E-state index in [0.29, 0.717) is 29.6 Å². The fourth-order valence-electron chi connectivity index (χ4n) is 2.32. The van der Waals surface area contributed by atoms with E-state index >= 15 is 0 Å². The number of ether oxygens (including phenoxy) is 1. The number of tetrazole rings is 1. The normalized spacial score (nSPS) is 10.6. The van der Waals surface area contributed by atoms with Gasteiger partial charge in [-0.2, -0.15) is 0 Å². The molecule has 0 fully saturated rings. The van der Waals surface area contributed by atoms with E-state index in [4.69, 9.17) is 16.3 Å². The van der Waals surface area contributed by atoms with Crippen LogP contribution in [0.25, 0.3) is 0 Å². The quantitative estimate of drug-likeness (QED) is 0.639. The van der Waals surface area contributed by atoms with Crippen molar-refractivity contribution in [1.82, 2.24) is 25.5 Å². The van der Waals surface area contributed by atoms with Gasteiger partial charge in [0.15, 0.2) is 5.82 Å². The Hall–Kier alpha value is -3.00. The van der Waals surface area contributed by atoms with Crippen LogP contribution < -0.4 is 10.1 Å². The third kappa shape index (κ3) is 5.75. The Morgan fingerprint density at radius 3 is 2.63 bits per heavy atom. The molecular formula is C18H17ClFN5O2. The first-order valence-electron chi connectivity index (χ1n) is 8.25. The molecule has 3 rings (SSSR count). The van der Waals surface area contributed by atoms with Gasteiger partial charge in [0.1, 0.15) is 24.7 Å². The minimum atomic E-state index is -0.283. The van der Waals surface area contributed by atoms with Crippen LogP contribution in [0.4, 0.5) is 4.39 Å². The van der Waals surface area contributed by atoms with E-state index in [1.165, 1.54) is 16.8 Å². The fourth-order valence-corrected chi connectivity index (χ4v) is 2.44. The molecule has 27 heavy (non-hydrogen) atoms. The summed E-state index contributed by atoms with van der Waals surface area (Å²) in [5.41, 5.74) is 0.941. The highest BCUT2D eigenvalue weighted by atomic mass is 35.5. The third-order valence-corrected chi connectivity index (χ3v) is 3.98. The largest absolute Gasteiger partial charge is 0.486 e. The molecule has 0 saturated carbocycles. The molecule has 0 bridgehead atoms. The summed E-state index contributed by atoms with van der Waals surface area (Å²) in [5.74, 6) is 0.545. The summed E-state index contributed by atoms with van der Waals surface area (Å²) in [5, 5.41) is 14.7. The topological polar surface area (TPSA) is 81.9 Å². The molecule has 0 atom stereocenters. The van der Waals surface area contributed by atoms with Crippen molar-refractivity contribution >= 4 is 17.5 Å². The highest BCUT2D eigenvalue weighted by Crippen LogP contribution is 2.16. The number of halogens is 2. The van der Waals surface area contributed by atoms with Crippen LogP contribution in [-0.2, 0) is 24.4 Å². The molecule has 1 aromatic heterocycles. The molecular weight excluding hydrogens is 373 g/mol. The highest BCUT2D eigenvalue weighted by Gasteiger charge is 2.11. The lowest BCUT2D eigenvalue weighted by Crippen LogP contribution is -2.30. The van der Waals surface area contributed by atoms with Crippen LogP contribution in [-0.4, -0.2) is 32.7 Å². The van der Waals surface area contributed by atoms with Gasteiger partial charge in [-0.3, -0.25) is 4.79 Å². The van der Waals surface area contributed by atoms with E-state index in [9.17, 15) is 9.18 Å². The first kappa shape index (κ1) is 18.8. The van der Waals surface area contributed by atoms with Crippen molar-refractivity contribution in [2.45, 2.75) is 19.6 Å². The molecule has 1 amide bonds. The Bertz CT molecular complexity index is 884. The monoisotopic (exact) mass is 389 g/mol. The number of aromatic nitrogens is 4. The van der Waals surface area contributed by atoms with E-state index in [-0.39, 0.29) is 24.9 Å². The number of carbonyl (C=O) groups excluding carboxylic acids is 1. The van der Waals surface area contributed by atoms with Crippen molar-refractivity contribution in [1.29, 1.82) is 0 Å². The maximum absolute atomic E-state index is 12.9. The van der Waals surface area contributed by atoms with Gasteiger partial charge in [-0.15, -0.1) is 5.10 Å². The lowest BCUT2D eigenvalue weighted by molar-refractivity contribution is -0.121. The van der Waals surface area contributed by atoms with E-state index < -0.39 is 0 Å². The Labute approximate surface area is 160 Å². The second kappa shape index (κ2) is 9.09. The third-order valence-electron chi connectivity index (χ3n) is 3.73. The van der Waals surface area contributed by atoms with Crippen LogP contribution in [0, 0.1) is 5.82 Å². The summed E-state index contributed by atoms with van der Waals surface area (Å²) in [7, 11) is 0. The van der Waals surface area contributed by atoms with Gasteiger partial charge in [0.05, 0.1) is 0 Å². The van der Waals surface area contributed by atoms with Crippen LogP contribution in [0.1, 0.15) is 11.4 Å². The minimum absolute atomic E-state index is 0.0181. The molecule has 0 saturated heterocycles. The zero-order valence-corrected chi connectivity index (χ0v) is 15.1. The summed E-state index contributed by atoms with van der Waals surface area (Å²) >= 11 is 5.83. The van der Waals surface area contributed by atoms with Gasteiger partial charge < -0.3 is 10.1 Å². The van der Waals surface area contributed by atoms with Crippen molar-refractivity contribution < 1.29 is 13.9 Å². The molecule has 2 aromatic carbocycles. The van der Waals surface area contributed by atoms with Crippen molar-refractivity contribution in [2.75, 3.05) is 6.54 Å². The molecule has 0 spiro atoms. The maximum Gasteiger partial charge on any atom is 0.241 e. The SMILES string of the molecule is O=C(Cn1nnnc1COc1ccc(Cl)cc1)NCCc1ccc(F)cc1. The molecule has 0 aliphatic carbocycles. The predicted octanol–water partition coefficient (Wildman–Crippen LogP) is 2.40. The molecule has 140 valence electrons. The highest BCUT2D eigenvalue weighted by molar-refractivity contribution is 6.30. The van der Waals surface area contributed by atoms with Gasteiger partial charge in [-0.05, 0) is 58.8 Å². The molecule has 0 radical (unpaired) electrons. The average Bonchev–Trinajstić information content (AvgIpc) is 3.10. The predicted molar refractivity (Wildman–Crippen MR) is 96.7 cm³/mol. The second-order valence-corrected chi connectivity index (χ2v) is 6.16. The van der Waals surface area contributed by atoms with Crippen molar-refractivity contribution in [3.63, 3.8) is 0 Å². The van der Waals surface area contributed by atoms with E-state index in [0.717, 1.165) is 5.56 Å². The Kier molecular flexibility index (Phi) is 6.32. The van der Waals surface area contributed by atoms with Crippen LogP contribution in [0.5, 0.6) is 5.75 Å². The van der Waals surface area contributed by atoms with Gasteiger partial charge in [-0.25, -0.2) is 9.07 Å². The van der Waals surface area contributed by atoms with Gasteiger partial charge in [0.2, 0.25) is 5.91 Å². The van der Waals surface area contributed by atoms with Gasteiger partial charge in [0.25, 0.3) is 0 Å². The molecule has 0 unspecified atom stereocenters. The number of benzene rings is 2. The van der Waals surface area contributed by atoms with Crippen molar-refractivity contribution in [3.05, 3.63) is 70.8 Å². The van der Waals surface area contributed by atoms with Gasteiger partial charge >= 0.3 is 0 Å². The summed E-state index contributed by atoms with van der Waals surface area (Å²) in [6, 6.07) is 13.1. The summed E-state index contributed by atoms with van der Waals surface area (Å²) < 4.78 is 19.8. The number of hydrogen-bond acceptors (Lipinski definition) is 5. The fraction of sp³-hybridized carbons (Fsp3) is 0.222. The standard InChI is InChI=1S/C18H17ClFN5O2/c19-14-3-7-16(8-4-14)27-12-17-22-23-24-25(17)11-18(26)21-10-9-13-1-5-15(20)6-2-13/h1-8H,9-12H2,(H,21,26). The Morgan fingerprint density at radius 2 is 1.89 bits per heavy atom. The number of amides is 1.